The van der Waals surface area contributed by atoms with Crippen LogP contribution in [0.5, 0.6) is 0 Å². The Morgan fingerprint density at radius 3 is 2.62 bits per heavy atom. The van der Waals surface area contributed by atoms with Crippen LogP contribution in [-0.2, 0) is 17.9 Å². The summed E-state index contributed by atoms with van der Waals surface area (Å²) in [7, 11) is 3.58. The molecule has 4 nitrogen and oxygen atoms in total. The average molecular weight is 309 g/mol. The number of hydrogen-bond donors (Lipinski definition) is 1. The third-order valence-corrected chi connectivity index (χ3v) is 4.19. The van der Waals surface area contributed by atoms with Gasteiger partial charge in [-0.25, -0.2) is 9.37 Å². The summed E-state index contributed by atoms with van der Waals surface area (Å²) in [5.41, 5.74) is 1.89. The van der Waals surface area contributed by atoms with Gasteiger partial charge in [0.25, 0.3) is 0 Å². The van der Waals surface area contributed by atoms with Crippen LogP contribution in [-0.4, -0.2) is 25.7 Å². The van der Waals surface area contributed by atoms with Gasteiger partial charge < -0.3 is 15.0 Å². The monoisotopic (exact) mass is 309 g/mol. The van der Waals surface area contributed by atoms with Gasteiger partial charge in [0.15, 0.2) is 5.13 Å². The van der Waals surface area contributed by atoms with Crippen molar-refractivity contribution in [1.29, 1.82) is 0 Å². The topological polar surface area (TPSA) is 37.4 Å². The molecule has 1 heterocycles. The number of methoxy groups -OCH3 is 1. The van der Waals surface area contributed by atoms with E-state index >= 15 is 0 Å². The lowest BCUT2D eigenvalue weighted by Crippen LogP contribution is -2.15. The van der Waals surface area contributed by atoms with Gasteiger partial charge in [-0.1, -0.05) is 11.3 Å². The molecule has 0 aliphatic rings. The molecule has 0 amide bonds. The van der Waals surface area contributed by atoms with Crippen molar-refractivity contribution in [3.05, 3.63) is 40.7 Å². The number of nitrogens with zero attached hydrogens (tertiary/aromatic N) is 2. The van der Waals surface area contributed by atoms with Crippen molar-refractivity contribution in [1.82, 2.24) is 10.3 Å². The van der Waals surface area contributed by atoms with E-state index in [-0.39, 0.29) is 5.82 Å². The Morgan fingerprint density at radius 2 is 2.05 bits per heavy atom. The van der Waals surface area contributed by atoms with Gasteiger partial charge in [0.1, 0.15) is 5.82 Å². The van der Waals surface area contributed by atoms with Crippen molar-refractivity contribution in [3.63, 3.8) is 0 Å². The summed E-state index contributed by atoms with van der Waals surface area (Å²) < 4.78 is 18.3. The molecular weight excluding hydrogens is 289 g/mol. The molecule has 1 N–H and O–H groups in total. The number of anilines is 2. The van der Waals surface area contributed by atoms with Crippen LogP contribution in [0.15, 0.2) is 24.3 Å². The second-order valence-electron chi connectivity index (χ2n) is 4.55. The van der Waals surface area contributed by atoms with Crippen LogP contribution >= 0.6 is 11.3 Å². The van der Waals surface area contributed by atoms with Crippen molar-refractivity contribution in [3.8, 4) is 0 Å². The van der Waals surface area contributed by atoms with Crippen LogP contribution in [0.2, 0.25) is 0 Å². The van der Waals surface area contributed by atoms with Gasteiger partial charge in [0.05, 0.1) is 12.3 Å². The van der Waals surface area contributed by atoms with Crippen LogP contribution < -0.4 is 10.2 Å². The van der Waals surface area contributed by atoms with Gasteiger partial charge in [0, 0.05) is 30.8 Å². The number of halogens is 1. The standard InChI is InChI=1S/C15H20FN3OS/c1-4-19(12-7-5-11(16)6-8-12)15-18-13(10-20-3)14(21-15)9-17-2/h5-8,17H,4,9-10H2,1-3H3. The zero-order valence-corrected chi connectivity index (χ0v) is 13.3. The molecule has 0 atom stereocenters. The van der Waals surface area contributed by atoms with Crippen molar-refractivity contribution >= 4 is 22.2 Å². The minimum absolute atomic E-state index is 0.232. The molecule has 21 heavy (non-hydrogen) atoms. The van der Waals surface area contributed by atoms with E-state index in [4.69, 9.17) is 4.74 Å². The first-order chi connectivity index (χ1) is 10.2. The highest BCUT2D eigenvalue weighted by atomic mass is 32.1. The Hall–Kier alpha value is -1.50. The third-order valence-electron chi connectivity index (χ3n) is 3.07. The Bertz CT molecular complexity index is 547. The normalized spacial score (nSPS) is 10.9. The highest BCUT2D eigenvalue weighted by molar-refractivity contribution is 7.15. The van der Waals surface area contributed by atoms with E-state index < -0.39 is 0 Å². The lowest BCUT2D eigenvalue weighted by molar-refractivity contribution is 0.181. The number of ether oxygens (including phenoxy) is 1. The molecule has 0 saturated carbocycles. The zero-order valence-electron chi connectivity index (χ0n) is 12.5. The molecule has 0 radical (unpaired) electrons. The SMILES string of the molecule is CCN(c1ccc(F)cc1)c1nc(COC)c(CNC)s1. The Kier molecular flexibility index (Phi) is 5.67. The fourth-order valence-corrected chi connectivity index (χ4v) is 3.24. The summed E-state index contributed by atoms with van der Waals surface area (Å²) in [4.78, 5) is 7.91. The van der Waals surface area contributed by atoms with Crippen LogP contribution in [0.25, 0.3) is 0 Å². The number of benzene rings is 1. The number of aromatic nitrogens is 1. The molecule has 1 aromatic carbocycles. The fraction of sp³-hybridized carbons (Fsp3) is 0.400. The second-order valence-corrected chi connectivity index (χ2v) is 5.61. The van der Waals surface area contributed by atoms with Gasteiger partial charge in [-0.05, 0) is 38.2 Å². The largest absolute Gasteiger partial charge is 0.378 e. The maximum absolute atomic E-state index is 13.1. The predicted octanol–water partition coefficient (Wildman–Crippen LogP) is 3.31. The van der Waals surface area contributed by atoms with Crippen LogP contribution in [0.3, 0.4) is 0 Å². The molecule has 0 aliphatic carbocycles. The minimum Gasteiger partial charge on any atom is -0.378 e. The number of hydrogen-bond acceptors (Lipinski definition) is 5. The highest BCUT2D eigenvalue weighted by Gasteiger charge is 2.16. The second kappa shape index (κ2) is 7.49. The lowest BCUT2D eigenvalue weighted by Gasteiger charge is -2.19. The summed E-state index contributed by atoms with van der Waals surface area (Å²) in [6.45, 7) is 4.08. The van der Waals surface area contributed by atoms with Gasteiger partial charge in [0.2, 0.25) is 0 Å². The maximum atomic E-state index is 13.1. The number of rotatable bonds is 7. The quantitative estimate of drug-likeness (QED) is 0.851. The average Bonchev–Trinajstić information content (AvgIpc) is 2.86. The highest BCUT2D eigenvalue weighted by Crippen LogP contribution is 2.32. The summed E-state index contributed by atoms with van der Waals surface area (Å²) in [5.74, 6) is -0.232. The zero-order chi connectivity index (χ0) is 15.2. The molecule has 114 valence electrons. The van der Waals surface area contributed by atoms with Crippen LogP contribution in [0.4, 0.5) is 15.2 Å². The molecule has 6 heteroatoms. The van der Waals surface area contributed by atoms with Crippen LogP contribution in [0.1, 0.15) is 17.5 Å². The molecule has 0 unspecified atom stereocenters. The van der Waals surface area contributed by atoms with E-state index in [2.05, 4.69) is 22.1 Å². The fourth-order valence-electron chi connectivity index (χ4n) is 2.08. The first-order valence-electron chi connectivity index (χ1n) is 6.84. The minimum atomic E-state index is -0.232. The first kappa shape index (κ1) is 15.9. The van der Waals surface area contributed by atoms with E-state index in [1.54, 1.807) is 30.6 Å². The maximum Gasteiger partial charge on any atom is 0.190 e. The van der Waals surface area contributed by atoms with E-state index in [1.165, 1.54) is 12.1 Å². The molecule has 1 aromatic heterocycles. The summed E-state index contributed by atoms with van der Waals surface area (Å²) >= 11 is 1.63. The van der Waals surface area contributed by atoms with E-state index in [0.717, 1.165) is 34.5 Å². The lowest BCUT2D eigenvalue weighted by atomic mass is 10.3. The number of thiazole rings is 1. The summed E-state index contributed by atoms with van der Waals surface area (Å²) in [5, 5.41) is 4.05. The Balaban J connectivity index is 2.33. The molecular formula is C15H20FN3OS. The van der Waals surface area contributed by atoms with Crippen molar-refractivity contribution in [2.75, 3.05) is 25.6 Å². The first-order valence-corrected chi connectivity index (χ1v) is 7.66. The van der Waals surface area contributed by atoms with E-state index in [1.807, 2.05) is 7.05 Å². The smallest absolute Gasteiger partial charge is 0.190 e. The van der Waals surface area contributed by atoms with Gasteiger partial charge in [-0.2, -0.15) is 0 Å². The molecule has 0 saturated heterocycles. The van der Waals surface area contributed by atoms with Gasteiger partial charge >= 0.3 is 0 Å². The molecule has 0 fully saturated rings. The Labute approximate surface area is 128 Å². The molecule has 2 rings (SSSR count). The number of nitrogens with one attached hydrogen (secondary N) is 1. The molecule has 0 aliphatic heterocycles. The predicted molar refractivity (Wildman–Crippen MR) is 84.7 cm³/mol. The summed E-state index contributed by atoms with van der Waals surface area (Å²) in [6.07, 6.45) is 0. The van der Waals surface area contributed by atoms with Crippen molar-refractivity contribution in [2.45, 2.75) is 20.1 Å². The van der Waals surface area contributed by atoms with Crippen LogP contribution in [0, 0.1) is 5.82 Å². The van der Waals surface area contributed by atoms with Crippen molar-refractivity contribution in [2.24, 2.45) is 0 Å². The summed E-state index contributed by atoms with van der Waals surface area (Å²) in [6, 6.07) is 6.48. The van der Waals surface area contributed by atoms with Crippen molar-refractivity contribution < 1.29 is 9.13 Å². The van der Waals surface area contributed by atoms with Gasteiger partial charge in [-0.3, -0.25) is 0 Å². The van der Waals surface area contributed by atoms with E-state index in [0.29, 0.717) is 6.61 Å². The molecule has 2 aromatic rings. The van der Waals surface area contributed by atoms with E-state index in [9.17, 15) is 4.39 Å². The Morgan fingerprint density at radius 1 is 1.33 bits per heavy atom. The molecule has 0 bridgehead atoms. The van der Waals surface area contributed by atoms with Gasteiger partial charge in [-0.15, -0.1) is 0 Å². The molecule has 0 spiro atoms. The third kappa shape index (κ3) is 3.78.